The van der Waals surface area contributed by atoms with Crippen molar-refractivity contribution in [3.63, 3.8) is 0 Å². The lowest BCUT2D eigenvalue weighted by atomic mass is 9.71. The van der Waals surface area contributed by atoms with Gasteiger partial charge >= 0.3 is 5.97 Å². The van der Waals surface area contributed by atoms with Crippen LogP contribution in [0.15, 0.2) is 67.0 Å². The van der Waals surface area contributed by atoms with Crippen LogP contribution in [0, 0.1) is 27.9 Å². The van der Waals surface area contributed by atoms with Crippen LogP contribution in [0.25, 0.3) is 17.0 Å². The van der Waals surface area contributed by atoms with Gasteiger partial charge in [0.2, 0.25) is 0 Å². The molecule has 0 amide bonds. The van der Waals surface area contributed by atoms with E-state index in [4.69, 9.17) is 14.7 Å². The molecule has 0 spiro atoms. The van der Waals surface area contributed by atoms with E-state index >= 15 is 0 Å². The molecule has 0 N–H and O–H groups in total. The maximum Gasteiger partial charge on any atom is 0.320 e. The number of rotatable bonds is 10. The molecule has 1 saturated carbocycles. The topological polar surface area (TPSA) is 116 Å². The van der Waals surface area contributed by atoms with Gasteiger partial charge < -0.3 is 4.74 Å². The zero-order valence-electron chi connectivity index (χ0n) is 33.1. The number of non-ortho nitro benzene ring substituents is 1. The number of likely N-dealkylation sites (N-methyl/N-ethyl adjacent to an activating group) is 1. The number of carbonyl (C=O) groups excluding carboxylic acids is 2. The number of nitrogens with zero attached hydrogens (tertiary/aromatic N) is 4. The van der Waals surface area contributed by atoms with Gasteiger partial charge in [0.15, 0.2) is 5.82 Å². The van der Waals surface area contributed by atoms with E-state index in [1.54, 1.807) is 0 Å². The van der Waals surface area contributed by atoms with E-state index in [0.29, 0.717) is 18.4 Å². The maximum absolute atomic E-state index is 12.1. The maximum atomic E-state index is 12.1. The normalized spacial score (nSPS) is 18.2. The van der Waals surface area contributed by atoms with Crippen LogP contribution in [-0.2, 0) is 16.1 Å². The van der Waals surface area contributed by atoms with Crippen LogP contribution in [0.5, 0.6) is 0 Å². The summed E-state index contributed by atoms with van der Waals surface area (Å²) in [5.41, 5.74) is 4.69. The lowest BCUT2D eigenvalue weighted by molar-refractivity contribution is -0.384. The van der Waals surface area contributed by atoms with Gasteiger partial charge in [0, 0.05) is 47.8 Å². The van der Waals surface area contributed by atoms with E-state index in [9.17, 15) is 19.7 Å². The number of ether oxygens (including phenoxy) is 1. The third kappa shape index (κ3) is 14.8. The molecule has 1 unspecified atom stereocenters. The first-order valence-corrected chi connectivity index (χ1v) is 19.1. The molecule has 5 rings (SSSR count). The van der Waals surface area contributed by atoms with E-state index in [1.807, 2.05) is 72.8 Å². The van der Waals surface area contributed by atoms with Crippen molar-refractivity contribution in [2.24, 2.45) is 17.8 Å². The quantitative estimate of drug-likeness (QED) is 0.0882. The van der Waals surface area contributed by atoms with Crippen molar-refractivity contribution in [2.45, 2.75) is 119 Å². The molecule has 0 aliphatic heterocycles. The summed E-state index contributed by atoms with van der Waals surface area (Å²) >= 11 is 0. The van der Waals surface area contributed by atoms with Crippen LogP contribution in [-0.4, -0.2) is 51.2 Å². The van der Waals surface area contributed by atoms with Crippen LogP contribution in [0.1, 0.15) is 128 Å². The van der Waals surface area contributed by atoms with E-state index < -0.39 is 10.5 Å². The molecule has 9 nitrogen and oxygen atoms in total. The van der Waals surface area contributed by atoms with Gasteiger partial charge in [0.25, 0.3) is 5.69 Å². The second kappa shape index (κ2) is 22.6. The Morgan fingerprint density at radius 1 is 0.904 bits per heavy atom. The third-order valence-electron chi connectivity index (χ3n) is 9.33. The molecule has 1 atom stereocenters. The van der Waals surface area contributed by atoms with E-state index in [1.165, 1.54) is 74.8 Å². The van der Waals surface area contributed by atoms with Crippen LogP contribution < -0.4 is 0 Å². The van der Waals surface area contributed by atoms with Gasteiger partial charge in [-0.1, -0.05) is 84.2 Å². The molecule has 1 heterocycles. The number of aldehydes is 1. The minimum absolute atomic E-state index is 0.00407. The largest absolute Gasteiger partial charge is 0.459 e. The standard InChI is InChI=1S/C32H45N3O2.C7H5NO3.2C2H6/c1-6-23-7-11-25(12-8-23)26-15-17-27(18-16-26)29-19-33-31(34-20-29)28-13-9-24(10-14-28)21-35(5)22-30(36)37-32(2,3)4;9-5-6-1-3-7(4-2-6)8(10)11;2*1-2/h9-10,13-14,17,19-20,23,25-26H,6-8,11-12,15-16,18,21-22H2,1-5H3;1-5H;2*1-2H3. The molecule has 2 aromatic carbocycles. The van der Waals surface area contributed by atoms with Crippen molar-refractivity contribution in [1.29, 1.82) is 0 Å². The van der Waals surface area contributed by atoms with Gasteiger partial charge in [-0.2, -0.15) is 0 Å². The van der Waals surface area contributed by atoms with Crippen molar-refractivity contribution in [1.82, 2.24) is 14.9 Å². The Hall–Kier alpha value is -4.24. The van der Waals surface area contributed by atoms with E-state index in [2.05, 4.69) is 37.3 Å². The first kappa shape index (κ1) is 43.9. The molecule has 52 heavy (non-hydrogen) atoms. The van der Waals surface area contributed by atoms with Gasteiger partial charge in [-0.05, 0) is 101 Å². The molecule has 0 saturated heterocycles. The Balaban J connectivity index is 0.000000526. The number of allylic oxidation sites excluding steroid dienone is 2. The second-order valence-corrected chi connectivity index (χ2v) is 14.2. The highest BCUT2D eigenvalue weighted by atomic mass is 16.6. The van der Waals surface area contributed by atoms with Crippen LogP contribution in [0.3, 0.4) is 0 Å². The number of hydrogen-bond acceptors (Lipinski definition) is 8. The van der Waals surface area contributed by atoms with Crippen molar-refractivity contribution >= 4 is 23.5 Å². The smallest absolute Gasteiger partial charge is 0.320 e. The lowest BCUT2D eigenvalue weighted by Gasteiger charge is -2.35. The SMILES string of the molecule is CC.CC.CCC1CCC(C2CC=C(c3cnc(-c4ccc(CN(C)CC(=O)OC(C)(C)C)cc4)nc3)CC2)CC1.O=Cc1ccc([N+](=O)[O-])cc1. The average Bonchev–Trinajstić information content (AvgIpc) is 3.16. The molecule has 2 aliphatic rings. The molecule has 0 radical (unpaired) electrons. The summed E-state index contributed by atoms with van der Waals surface area (Å²) in [6.45, 7) is 16.9. The number of carbonyl (C=O) groups is 2. The number of hydrogen-bond donors (Lipinski definition) is 0. The lowest BCUT2D eigenvalue weighted by Crippen LogP contribution is -2.32. The summed E-state index contributed by atoms with van der Waals surface area (Å²) in [5.74, 6) is 3.31. The number of benzene rings is 2. The summed E-state index contributed by atoms with van der Waals surface area (Å²) in [6, 6.07) is 13.7. The molecule has 1 aromatic heterocycles. The molecule has 1 fully saturated rings. The van der Waals surface area contributed by atoms with Gasteiger partial charge in [-0.3, -0.25) is 24.6 Å². The molecule has 0 bridgehead atoms. The highest BCUT2D eigenvalue weighted by molar-refractivity contribution is 5.75. The summed E-state index contributed by atoms with van der Waals surface area (Å²) < 4.78 is 5.42. The molecule has 9 heteroatoms. The minimum atomic E-state index is -0.505. The van der Waals surface area contributed by atoms with Crippen LogP contribution in [0.4, 0.5) is 5.69 Å². The Bertz CT molecular complexity index is 1520. The first-order valence-electron chi connectivity index (χ1n) is 19.1. The molecule has 3 aromatic rings. The Kier molecular flexibility index (Phi) is 19.1. The first-order chi connectivity index (χ1) is 24.9. The van der Waals surface area contributed by atoms with Crippen molar-refractivity contribution in [3.8, 4) is 11.4 Å². The molecule has 2 aliphatic carbocycles. The van der Waals surface area contributed by atoms with Gasteiger partial charge in [0.05, 0.1) is 11.5 Å². The summed E-state index contributed by atoms with van der Waals surface area (Å²) in [6.07, 6.45) is 17.8. The number of esters is 1. The molecule has 284 valence electrons. The number of aromatic nitrogens is 2. The fraction of sp³-hybridized carbons (Fsp3) is 0.535. The fourth-order valence-corrected chi connectivity index (χ4v) is 6.65. The highest BCUT2D eigenvalue weighted by Crippen LogP contribution is 2.41. The fourth-order valence-electron chi connectivity index (χ4n) is 6.65. The van der Waals surface area contributed by atoms with Crippen LogP contribution >= 0.6 is 0 Å². The predicted molar refractivity (Wildman–Crippen MR) is 212 cm³/mol. The zero-order chi connectivity index (χ0) is 38.7. The highest BCUT2D eigenvalue weighted by Gasteiger charge is 2.28. The van der Waals surface area contributed by atoms with Gasteiger partial charge in [-0.15, -0.1) is 0 Å². The number of nitro benzene ring substituents is 1. The van der Waals surface area contributed by atoms with Gasteiger partial charge in [-0.25, -0.2) is 9.97 Å². The summed E-state index contributed by atoms with van der Waals surface area (Å²) in [7, 11) is 1.93. The Morgan fingerprint density at radius 3 is 1.98 bits per heavy atom. The number of nitro groups is 1. The average molecular weight is 715 g/mol. The van der Waals surface area contributed by atoms with Crippen LogP contribution in [0.2, 0.25) is 0 Å². The van der Waals surface area contributed by atoms with Crippen molar-refractivity contribution in [2.75, 3.05) is 13.6 Å². The van der Waals surface area contributed by atoms with E-state index in [0.717, 1.165) is 46.7 Å². The van der Waals surface area contributed by atoms with E-state index in [-0.39, 0.29) is 18.2 Å². The third-order valence-corrected chi connectivity index (χ3v) is 9.33. The zero-order valence-corrected chi connectivity index (χ0v) is 33.1. The second-order valence-electron chi connectivity index (χ2n) is 14.2. The summed E-state index contributed by atoms with van der Waals surface area (Å²) in [5, 5.41) is 10.1. The molecular formula is C43H62N4O5. The predicted octanol–water partition coefficient (Wildman–Crippen LogP) is 10.8. The van der Waals surface area contributed by atoms with Crippen molar-refractivity contribution < 1.29 is 19.2 Å². The minimum Gasteiger partial charge on any atom is -0.459 e. The Morgan fingerprint density at radius 2 is 1.50 bits per heavy atom. The van der Waals surface area contributed by atoms with Crippen molar-refractivity contribution in [3.05, 3.63) is 93.8 Å². The molecular weight excluding hydrogens is 652 g/mol. The summed E-state index contributed by atoms with van der Waals surface area (Å²) in [4.78, 5) is 43.1. The Labute approximate surface area is 312 Å². The van der Waals surface area contributed by atoms with Gasteiger partial charge in [0.1, 0.15) is 11.9 Å². The monoisotopic (exact) mass is 714 g/mol.